The normalized spacial score (nSPS) is 38.5. The number of hydrogen-bond acceptors (Lipinski definition) is 8. The molecular formula is C20H25N3O6. The van der Waals surface area contributed by atoms with E-state index < -0.39 is 29.8 Å². The van der Waals surface area contributed by atoms with Crippen molar-refractivity contribution >= 4 is 11.8 Å². The van der Waals surface area contributed by atoms with Crippen LogP contribution in [0, 0.1) is 17.2 Å². The van der Waals surface area contributed by atoms with Gasteiger partial charge >= 0.3 is 5.97 Å². The molecular weight excluding hydrogens is 378 g/mol. The molecule has 4 rings (SSSR count). The van der Waals surface area contributed by atoms with Crippen LogP contribution in [-0.4, -0.2) is 95.6 Å². The Bertz CT molecular complexity index is 842. The Morgan fingerprint density at radius 2 is 2.07 bits per heavy atom. The van der Waals surface area contributed by atoms with Crippen molar-refractivity contribution in [1.29, 1.82) is 5.26 Å². The van der Waals surface area contributed by atoms with E-state index in [4.69, 9.17) is 9.47 Å². The van der Waals surface area contributed by atoms with E-state index in [2.05, 4.69) is 6.07 Å². The van der Waals surface area contributed by atoms with Gasteiger partial charge in [0, 0.05) is 43.5 Å². The number of hydrogen-bond donors (Lipinski definition) is 2. The van der Waals surface area contributed by atoms with Crippen molar-refractivity contribution < 1.29 is 29.3 Å². The van der Waals surface area contributed by atoms with Crippen LogP contribution in [0.3, 0.4) is 0 Å². The fraction of sp³-hybridized carbons (Fsp3) is 0.650. The summed E-state index contributed by atoms with van der Waals surface area (Å²) in [6.45, 7) is -0.343. The molecule has 6 atom stereocenters. The minimum atomic E-state index is -1.31. The van der Waals surface area contributed by atoms with E-state index in [-0.39, 0.29) is 36.9 Å². The monoisotopic (exact) mass is 403 g/mol. The lowest BCUT2D eigenvalue weighted by atomic mass is 9.75. The second kappa shape index (κ2) is 7.00. The van der Waals surface area contributed by atoms with E-state index >= 15 is 0 Å². The summed E-state index contributed by atoms with van der Waals surface area (Å²) in [6, 6.07) is 0.00519. The number of carbonyl (C=O) groups is 2. The van der Waals surface area contributed by atoms with E-state index in [0.717, 1.165) is 0 Å². The lowest BCUT2D eigenvalue weighted by Crippen LogP contribution is -2.70. The lowest BCUT2D eigenvalue weighted by molar-refractivity contribution is -0.162. The lowest BCUT2D eigenvalue weighted by Gasteiger charge is -2.56. The first-order valence-corrected chi connectivity index (χ1v) is 9.65. The standard InChI is InChI=1S/C20H25N3O6/c1-22-12-7-11(19(26)27)18(22)13-6-10-16(25)4-5-20(28-2,29-3)17(10)15(9-24)23(13)14(12)8-21/h4-5,11-15,18,24H,6-7,9H2,1-3H3,(H,26,27)/t11-,12+,13+,14?,15+,18-/m1/s1. The second-order valence-electron chi connectivity index (χ2n) is 8.06. The number of carbonyl (C=O) groups excluding carboxylic acids is 1. The highest BCUT2D eigenvalue weighted by Crippen LogP contribution is 2.49. The molecule has 2 fully saturated rings. The molecule has 1 aliphatic carbocycles. The van der Waals surface area contributed by atoms with E-state index in [1.807, 2.05) is 16.8 Å². The first kappa shape index (κ1) is 20.2. The molecule has 9 nitrogen and oxygen atoms in total. The Balaban J connectivity index is 1.90. The predicted molar refractivity (Wildman–Crippen MR) is 99.5 cm³/mol. The average molecular weight is 403 g/mol. The number of nitrogens with zero attached hydrogens (tertiary/aromatic N) is 3. The quantitative estimate of drug-likeness (QED) is 0.599. The maximum atomic E-state index is 12.8. The molecule has 2 N–H and O–H groups in total. The van der Waals surface area contributed by atoms with Gasteiger partial charge in [-0.1, -0.05) is 0 Å². The topological polar surface area (TPSA) is 123 Å². The average Bonchev–Trinajstić information content (AvgIpc) is 2.97. The number of aliphatic carboxylic acids is 1. The van der Waals surface area contributed by atoms with Crippen LogP contribution >= 0.6 is 0 Å². The number of carboxylic acids is 1. The van der Waals surface area contributed by atoms with Crippen molar-refractivity contribution in [2.24, 2.45) is 5.92 Å². The number of nitriles is 1. The second-order valence-corrected chi connectivity index (χ2v) is 8.06. The van der Waals surface area contributed by atoms with Crippen LogP contribution in [0.25, 0.3) is 0 Å². The van der Waals surface area contributed by atoms with Crippen molar-refractivity contribution in [3.63, 3.8) is 0 Å². The highest BCUT2D eigenvalue weighted by molar-refractivity contribution is 6.06. The van der Waals surface area contributed by atoms with E-state index in [0.29, 0.717) is 17.6 Å². The Hall–Kier alpha value is -2.09. The zero-order chi connectivity index (χ0) is 21.1. The number of piperazine rings is 1. The van der Waals surface area contributed by atoms with Crippen LogP contribution in [-0.2, 0) is 19.1 Å². The molecule has 156 valence electrons. The third-order valence-electron chi connectivity index (χ3n) is 7.15. The van der Waals surface area contributed by atoms with Crippen molar-refractivity contribution in [2.75, 3.05) is 27.9 Å². The summed E-state index contributed by atoms with van der Waals surface area (Å²) in [5.74, 6) is -3.05. The number of ether oxygens (including phenoxy) is 2. The third kappa shape index (κ3) is 2.57. The number of aliphatic hydroxyl groups is 1. The summed E-state index contributed by atoms with van der Waals surface area (Å²) >= 11 is 0. The maximum Gasteiger partial charge on any atom is 0.308 e. The number of ketones is 1. The van der Waals surface area contributed by atoms with Crippen molar-refractivity contribution in [3.05, 3.63) is 23.3 Å². The number of rotatable bonds is 4. The summed E-state index contributed by atoms with van der Waals surface area (Å²) in [4.78, 5) is 28.6. The molecule has 0 spiro atoms. The number of aliphatic hydroxyl groups excluding tert-OH is 1. The first-order chi connectivity index (χ1) is 13.8. The van der Waals surface area contributed by atoms with E-state index in [9.17, 15) is 25.1 Å². The minimum absolute atomic E-state index is 0.203. The largest absolute Gasteiger partial charge is 0.481 e. The summed E-state index contributed by atoms with van der Waals surface area (Å²) in [5.41, 5.74) is 0.973. The zero-order valence-corrected chi connectivity index (χ0v) is 16.6. The molecule has 9 heteroatoms. The highest BCUT2D eigenvalue weighted by Gasteiger charge is 2.62. The van der Waals surface area contributed by atoms with Gasteiger partial charge in [-0.15, -0.1) is 0 Å². The van der Waals surface area contributed by atoms with Crippen LogP contribution in [0.2, 0.25) is 0 Å². The Kier molecular flexibility index (Phi) is 4.88. The maximum absolute atomic E-state index is 12.8. The van der Waals surface area contributed by atoms with Gasteiger partial charge in [0.25, 0.3) is 0 Å². The molecule has 0 saturated carbocycles. The summed E-state index contributed by atoms with van der Waals surface area (Å²) in [7, 11) is 4.77. The summed E-state index contributed by atoms with van der Waals surface area (Å²) < 4.78 is 11.3. The molecule has 4 aliphatic rings. The number of likely N-dealkylation sites (N-methyl/N-ethyl adjacent to an activating group) is 1. The molecule has 29 heavy (non-hydrogen) atoms. The molecule has 2 saturated heterocycles. The predicted octanol–water partition coefficient (Wildman–Crippen LogP) is -0.475. The number of methoxy groups -OCH3 is 2. The van der Waals surface area contributed by atoms with Gasteiger partial charge in [0.2, 0.25) is 5.79 Å². The molecule has 2 bridgehead atoms. The summed E-state index contributed by atoms with van der Waals surface area (Å²) in [5, 5.41) is 30.1. The third-order valence-corrected chi connectivity index (χ3v) is 7.15. The van der Waals surface area contributed by atoms with Gasteiger partial charge in [-0.05, 0) is 32.0 Å². The van der Waals surface area contributed by atoms with Crippen LogP contribution < -0.4 is 0 Å². The Labute approximate surface area is 168 Å². The summed E-state index contributed by atoms with van der Waals surface area (Å²) in [6.07, 6.45) is 3.56. The van der Waals surface area contributed by atoms with E-state index in [1.54, 1.807) is 0 Å². The van der Waals surface area contributed by atoms with Crippen molar-refractivity contribution in [1.82, 2.24) is 9.80 Å². The van der Waals surface area contributed by atoms with Crippen LogP contribution in [0.4, 0.5) is 0 Å². The van der Waals surface area contributed by atoms with Gasteiger partial charge < -0.3 is 19.7 Å². The molecule has 3 aliphatic heterocycles. The van der Waals surface area contributed by atoms with Gasteiger partial charge in [0.1, 0.15) is 6.04 Å². The number of allylic oxidation sites excluding steroid dienone is 1. The Morgan fingerprint density at radius 1 is 1.38 bits per heavy atom. The van der Waals surface area contributed by atoms with Crippen LogP contribution in [0.1, 0.15) is 12.8 Å². The van der Waals surface area contributed by atoms with Crippen LogP contribution in [0.5, 0.6) is 0 Å². The van der Waals surface area contributed by atoms with Gasteiger partial charge in [0.05, 0.1) is 24.6 Å². The van der Waals surface area contributed by atoms with Crippen molar-refractivity contribution in [3.8, 4) is 6.07 Å². The molecule has 1 unspecified atom stereocenters. The highest BCUT2D eigenvalue weighted by atomic mass is 16.7. The SMILES string of the molecule is COC1(OC)C=CC(=O)C2=C1[C@H](CO)N1C(C#N)[C@@H]3C[C@@H](C(=O)O)[C@H]([C@@H]1C2)N3C. The Morgan fingerprint density at radius 3 is 2.62 bits per heavy atom. The smallest absolute Gasteiger partial charge is 0.308 e. The molecule has 0 aromatic rings. The molecule has 0 aromatic carbocycles. The van der Waals surface area contributed by atoms with Gasteiger partial charge in [-0.2, -0.15) is 5.26 Å². The van der Waals surface area contributed by atoms with E-state index in [1.165, 1.54) is 26.4 Å². The van der Waals surface area contributed by atoms with Crippen LogP contribution in [0.15, 0.2) is 23.3 Å². The van der Waals surface area contributed by atoms with Gasteiger partial charge in [-0.3, -0.25) is 19.4 Å². The molecule has 0 radical (unpaired) electrons. The molecule has 0 aromatic heterocycles. The van der Waals surface area contributed by atoms with Gasteiger partial charge in [0.15, 0.2) is 5.78 Å². The molecule has 3 heterocycles. The van der Waals surface area contributed by atoms with Crippen molar-refractivity contribution in [2.45, 2.75) is 48.8 Å². The number of fused-ring (bicyclic) bond motifs is 4. The minimum Gasteiger partial charge on any atom is -0.481 e. The van der Waals surface area contributed by atoms with Gasteiger partial charge in [-0.25, -0.2) is 0 Å². The fourth-order valence-corrected chi connectivity index (χ4v) is 5.94. The number of carboxylic acid groups (broad SMARTS) is 1. The first-order valence-electron chi connectivity index (χ1n) is 9.65. The fourth-order valence-electron chi connectivity index (χ4n) is 5.94. The zero-order valence-electron chi connectivity index (χ0n) is 16.6. The molecule has 0 amide bonds.